The molecule has 0 atom stereocenters. The molecule has 0 aliphatic heterocycles. The Kier molecular flexibility index (Phi) is 2.26. The first kappa shape index (κ1) is 10.2. The molecule has 0 fully saturated rings. The van der Waals surface area contributed by atoms with E-state index in [2.05, 4.69) is 20.7 Å². The quantitative estimate of drug-likeness (QED) is 0.666. The summed E-state index contributed by atoms with van der Waals surface area (Å²) in [6, 6.07) is 7.86. The Morgan fingerprint density at radius 2 is 2.06 bits per heavy atom. The number of hydrogen-bond acceptors (Lipinski definition) is 5. The molecule has 0 unspecified atom stereocenters. The van der Waals surface area contributed by atoms with Gasteiger partial charge in [0, 0.05) is 17.4 Å². The molecular weight excluding hydrogens is 232 g/mol. The lowest BCUT2D eigenvalue weighted by Gasteiger charge is -2.06. The Bertz CT molecular complexity index is 690. The van der Waals surface area contributed by atoms with Gasteiger partial charge in [-0.1, -0.05) is 6.07 Å². The number of aromatic nitrogens is 3. The highest BCUT2D eigenvalue weighted by atomic mass is 32.1. The number of aryl methyl sites for hydroxylation is 1. The van der Waals surface area contributed by atoms with E-state index in [4.69, 9.17) is 5.73 Å². The van der Waals surface area contributed by atoms with Crippen LogP contribution in [0.15, 0.2) is 30.5 Å². The number of anilines is 1. The van der Waals surface area contributed by atoms with Crippen molar-refractivity contribution in [3.8, 4) is 11.1 Å². The zero-order chi connectivity index (χ0) is 11.8. The normalized spacial score (nSPS) is 10.9. The predicted molar refractivity (Wildman–Crippen MR) is 69.8 cm³/mol. The lowest BCUT2D eigenvalue weighted by Crippen LogP contribution is -1.89. The second-order valence-corrected chi connectivity index (χ2v) is 4.43. The van der Waals surface area contributed by atoms with Crippen molar-refractivity contribution in [3.05, 3.63) is 36.0 Å². The van der Waals surface area contributed by atoms with Crippen molar-refractivity contribution < 1.29 is 0 Å². The smallest absolute Gasteiger partial charge is 0.193 e. The van der Waals surface area contributed by atoms with Crippen molar-refractivity contribution in [2.75, 3.05) is 5.73 Å². The number of hydrogen-bond donors (Lipinski definition) is 1. The summed E-state index contributed by atoms with van der Waals surface area (Å²) in [5.41, 5.74) is 11.4. The summed E-state index contributed by atoms with van der Waals surface area (Å²) in [5.74, 6) is 0. The Balaban J connectivity index is 2.22. The molecule has 0 aliphatic carbocycles. The first-order valence-electron chi connectivity index (χ1n) is 5.19. The van der Waals surface area contributed by atoms with E-state index in [9.17, 15) is 0 Å². The molecule has 0 amide bonds. The molecule has 0 bridgehead atoms. The highest BCUT2D eigenvalue weighted by Crippen LogP contribution is 2.26. The third kappa shape index (κ3) is 1.74. The molecule has 2 N–H and O–H groups in total. The van der Waals surface area contributed by atoms with Gasteiger partial charge in [0.25, 0.3) is 0 Å². The highest BCUT2D eigenvalue weighted by Gasteiger charge is 2.06. The van der Waals surface area contributed by atoms with Crippen LogP contribution in [0.3, 0.4) is 0 Å². The number of pyridine rings is 1. The Hall–Kier alpha value is -2.01. The Morgan fingerprint density at radius 3 is 2.94 bits per heavy atom. The van der Waals surface area contributed by atoms with Gasteiger partial charge >= 0.3 is 0 Å². The average molecular weight is 242 g/mol. The van der Waals surface area contributed by atoms with Gasteiger partial charge in [0.1, 0.15) is 5.52 Å². The molecule has 0 saturated heterocycles. The second kappa shape index (κ2) is 3.78. The predicted octanol–water partition coefficient (Wildman–Crippen LogP) is 2.64. The molecule has 2 heterocycles. The van der Waals surface area contributed by atoms with Crippen LogP contribution in [0.4, 0.5) is 5.69 Å². The minimum Gasteiger partial charge on any atom is -0.399 e. The summed E-state index contributed by atoms with van der Waals surface area (Å²) < 4.78 is 8.28. The molecule has 4 nitrogen and oxygen atoms in total. The lowest BCUT2D eigenvalue weighted by atomic mass is 10.0. The second-order valence-electron chi connectivity index (χ2n) is 3.91. The summed E-state index contributed by atoms with van der Waals surface area (Å²) in [6.45, 7) is 2.05. The van der Waals surface area contributed by atoms with Crippen molar-refractivity contribution in [2.45, 2.75) is 6.92 Å². The van der Waals surface area contributed by atoms with Crippen LogP contribution in [0, 0.1) is 6.92 Å². The summed E-state index contributed by atoms with van der Waals surface area (Å²) in [6.07, 6.45) is 1.81. The molecule has 5 heteroatoms. The van der Waals surface area contributed by atoms with E-state index in [0.717, 1.165) is 22.3 Å². The van der Waals surface area contributed by atoms with E-state index in [1.807, 2.05) is 30.5 Å². The van der Waals surface area contributed by atoms with Gasteiger partial charge in [-0.25, -0.2) is 4.98 Å². The van der Waals surface area contributed by atoms with E-state index >= 15 is 0 Å². The maximum atomic E-state index is 5.81. The van der Waals surface area contributed by atoms with Crippen molar-refractivity contribution in [1.29, 1.82) is 0 Å². The van der Waals surface area contributed by atoms with Crippen molar-refractivity contribution in [3.63, 3.8) is 0 Å². The van der Waals surface area contributed by atoms with Gasteiger partial charge in [0.05, 0.1) is 11.7 Å². The van der Waals surface area contributed by atoms with Gasteiger partial charge in [0.15, 0.2) is 5.65 Å². The van der Waals surface area contributed by atoms with E-state index in [-0.39, 0.29) is 0 Å². The summed E-state index contributed by atoms with van der Waals surface area (Å²) >= 11 is 1.18. The minimum absolute atomic E-state index is 0.695. The van der Waals surface area contributed by atoms with Crippen LogP contribution in [-0.2, 0) is 0 Å². The molecule has 3 rings (SSSR count). The molecular formula is C12H10N4S. The zero-order valence-corrected chi connectivity index (χ0v) is 10.0. The molecule has 0 saturated carbocycles. The first-order valence-corrected chi connectivity index (χ1v) is 5.92. The molecule has 1 aromatic carbocycles. The minimum atomic E-state index is 0.695. The third-order valence-corrected chi connectivity index (χ3v) is 3.22. The topological polar surface area (TPSA) is 64.7 Å². The molecule has 2 aromatic heterocycles. The molecule has 84 valence electrons. The third-order valence-electron chi connectivity index (χ3n) is 2.69. The summed E-state index contributed by atoms with van der Waals surface area (Å²) in [5, 5.41) is 0. The van der Waals surface area contributed by atoms with Gasteiger partial charge < -0.3 is 5.73 Å². The van der Waals surface area contributed by atoms with Gasteiger partial charge in [-0.3, -0.25) is 0 Å². The van der Waals surface area contributed by atoms with Crippen LogP contribution in [0.5, 0.6) is 0 Å². The average Bonchev–Trinajstić information content (AvgIpc) is 2.79. The van der Waals surface area contributed by atoms with Crippen molar-refractivity contribution >= 4 is 28.6 Å². The van der Waals surface area contributed by atoms with Crippen LogP contribution in [0.25, 0.3) is 22.3 Å². The van der Waals surface area contributed by atoms with Crippen LogP contribution >= 0.6 is 11.7 Å². The number of fused-ring (bicyclic) bond motifs is 1. The number of nitrogen functional groups attached to an aromatic ring is 1. The summed E-state index contributed by atoms with van der Waals surface area (Å²) in [4.78, 5) is 4.28. The molecule has 17 heavy (non-hydrogen) atoms. The number of rotatable bonds is 1. The fourth-order valence-corrected chi connectivity index (χ4v) is 2.27. The monoisotopic (exact) mass is 242 g/mol. The summed E-state index contributed by atoms with van der Waals surface area (Å²) in [7, 11) is 0. The van der Waals surface area contributed by atoms with Crippen molar-refractivity contribution in [1.82, 2.24) is 13.7 Å². The molecule has 0 aliphatic rings. The Labute approximate surface area is 102 Å². The largest absolute Gasteiger partial charge is 0.399 e. The van der Waals surface area contributed by atoms with Crippen LogP contribution in [0.1, 0.15) is 5.56 Å². The van der Waals surface area contributed by atoms with E-state index in [0.29, 0.717) is 5.65 Å². The maximum absolute atomic E-state index is 5.81. The van der Waals surface area contributed by atoms with Crippen molar-refractivity contribution in [2.24, 2.45) is 0 Å². The standard InChI is InChI=1S/C12H10N4S/c1-7-2-3-9(13)5-10(7)8-4-11-12(14-6-8)16-17-15-11/h2-6H,13H2,1H3. The van der Waals surface area contributed by atoms with Crippen LogP contribution in [0.2, 0.25) is 0 Å². The van der Waals surface area contributed by atoms with E-state index in [1.165, 1.54) is 17.3 Å². The molecule has 0 spiro atoms. The molecule has 3 aromatic rings. The Morgan fingerprint density at radius 1 is 1.18 bits per heavy atom. The van der Waals surface area contributed by atoms with Gasteiger partial charge in [0.2, 0.25) is 0 Å². The lowest BCUT2D eigenvalue weighted by molar-refractivity contribution is 1.35. The van der Waals surface area contributed by atoms with Crippen LogP contribution in [-0.4, -0.2) is 13.7 Å². The van der Waals surface area contributed by atoms with Gasteiger partial charge in [-0.2, -0.15) is 8.75 Å². The number of benzene rings is 1. The maximum Gasteiger partial charge on any atom is 0.193 e. The fraction of sp³-hybridized carbons (Fsp3) is 0.0833. The fourth-order valence-electron chi connectivity index (χ4n) is 1.78. The highest BCUT2D eigenvalue weighted by molar-refractivity contribution is 7.00. The van der Waals surface area contributed by atoms with E-state index in [1.54, 1.807) is 0 Å². The first-order chi connectivity index (χ1) is 8.24. The van der Waals surface area contributed by atoms with Gasteiger partial charge in [-0.05, 0) is 36.2 Å². The number of nitrogens with two attached hydrogens (primary N) is 1. The van der Waals surface area contributed by atoms with Gasteiger partial charge in [-0.15, -0.1) is 0 Å². The zero-order valence-electron chi connectivity index (χ0n) is 9.21. The number of nitrogens with zero attached hydrogens (tertiary/aromatic N) is 3. The molecule has 0 radical (unpaired) electrons. The van der Waals surface area contributed by atoms with E-state index < -0.39 is 0 Å². The van der Waals surface area contributed by atoms with Crippen LogP contribution < -0.4 is 5.73 Å². The SMILES string of the molecule is Cc1ccc(N)cc1-c1cnc2nsnc2c1.